The van der Waals surface area contributed by atoms with Gasteiger partial charge >= 0.3 is 6.09 Å². The Hall–Kier alpha value is -1.36. The van der Waals surface area contributed by atoms with Gasteiger partial charge in [-0.1, -0.05) is 6.08 Å². The molecule has 0 aromatic rings. The van der Waals surface area contributed by atoms with Gasteiger partial charge in [0, 0.05) is 5.57 Å². The predicted molar refractivity (Wildman–Crippen MR) is 61.8 cm³/mol. The highest BCUT2D eigenvalue weighted by Gasteiger charge is 2.18. The van der Waals surface area contributed by atoms with Gasteiger partial charge in [-0.2, -0.15) is 0 Å². The number of carbonyl (C=O) groups is 2. The van der Waals surface area contributed by atoms with Gasteiger partial charge in [-0.3, -0.25) is 10.1 Å². The lowest BCUT2D eigenvalue weighted by Gasteiger charge is -2.19. The van der Waals surface area contributed by atoms with Gasteiger partial charge in [0.15, 0.2) is 0 Å². The van der Waals surface area contributed by atoms with Crippen molar-refractivity contribution in [3.05, 3.63) is 11.6 Å². The minimum absolute atomic E-state index is 0.455. The fraction of sp³-hybridized carbons (Fsp3) is 0.636. The van der Waals surface area contributed by atoms with Crippen LogP contribution in [0.2, 0.25) is 0 Å². The highest BCUT2D eigenvalue weighted by molar-refractivity contribution is 6.01. The monoisotopic (exact) mass is 228 g/mol. The summed E-state index contributed by atoms with van der Waals surface area (Å²) in [6.07, 6.45) is 1.55. The first-order chi connectivity index (χ1) is 7.26. The van der Waals surface area contributed by atoms with Crippen LogP contribution in [-0.4, -0.2) is 24.1 Å². The number of ether oxygens (including phenoxy) is 1. The average molecular weight is 228 g/mol. The molecule has 92 valence electrons. The van der Waals surface area contributed by atoms with Crippen molar-refractivity contribution in [3.8, 4) is 0 Å². The number of rotatable bonds is 3. The Morgan fingerprint density at radius 1 is 1.38 bits per heavy atom. The van der Waals surface area contributed by atoms with E-state index < -0.39 is 17.6 Å². The fourth-order valence-corrected chi connectivity index (χ4v) is 0.887. The summed E-state index contributed by atoms with van der Waals surface area (Å²) < 4.78 is 4.94. The molecule has 16 heavy (non-hydrogen) atoms. The summed E-state index contributed by atoms with van der Waals surface area (Å²) in [7, 11) is 0. The SMILES string of the molecule is CC(=CCCN)C(=O)NC(=O)OC(C)(C)C. The van der Waals surface area contributed by atoms with Gasteiger partial charge in [-0.05, 0) is 40.7 Å². The normalized spacial score (nSPS) is 12.2. The second-order valence-corrected chi connectivity index (χ2v) is 4.42. The third-order valence-corrected chi connectivity index (χ3v) is 1.59. The van der Waals surface area contributed by atoms with E-state index in [4.69, 9.17) is 10.5 Å². The topological polar surface area (TPSA) is 81.4 Å². The summed E-state index contributed by atoms with van der Waals surface area (Å²) in [5.41, 5.74) is 5.14. The van der Waals surface area contributed by atoms with Crippen molar-refractivity contribution < 1.29 is 14.3 Å². The maximum Gasteiger partial charge on any atom is 0.414 e. The van der Waals surface area contributed by atoms with Gasteiger partial charge in [0.2, 0.25) is 0 Å². The van der Waals surface area contributed by atoms with Crippen LogP contribution < -0.4 is 11.1 Å². The molecule has 0 aliphatic carbocycles. The van der Waals surface area contributed by atoms with Gasteiger partial charge < -0.3 is 10.5 Å². The summed E-state index contributed by atoms with van der Waals surface area (Å²) in [4.78, 5) is 22.7. The number of nitrogens with one attached hydrogen (secondary N) is 1. The van der Waals surface area contributed by atoms with E-state index in [2.05, 4.69) is 5.32 Å². The van der Waals surface area contributed by atoms with Crippen LogP contribution in [0.25, 0.3) is 0 Å². The van der Waals surface area contributed by atoms with Gasteiger partial charge in [0.05, 0.1) is 0 Å². The van der Waals surface area contributed by atoms with Crippen molar-refractivity contribution in [3.63, 3.8) is 0 Å². The predicted octanol–water partition coefficient (Wildman–Crippen LogP) is 1.33. The van der Waals surface area contributed by atoms with E-state index in [1.54, 1.807) is 33.8 Å². The van der Waals surface area contributed by atoms with Crippen molar-refractivity contribution in [2.24, 2.45) is 5.73 Å². The van der Waals surface area contributed by atoms with E-state index in [1.807, 2.05) is 0 Å². The molecule has 3 N–H and O–H groups in total. The van der Waals surface area contributed by atoms with E-state index >= 15 is 0 Å². The number of imide groups is 1. The quantitative estimate of drug-likeness (QED) is 0.714. The van der Waals surface area contributed by atoms with Crippen molar-refractivity contribution >= 4 is 12.0 Å². The molecule has 0 rings (SSSR count). The summed E-state index contributed by atoms with van der Waals surface area (Å²) in [5, 5.41) is 2.14. The smallest absolute Gasteiger partial charge is 0.414 e. The summed E-state index contributed by atoms with van der Waals surface area (Å²) in [6.45, 7) is 7.28. The number of hydrogen-bond donors (Lipinski definition) is 2. The van der Waals surface area contributed by atoms with Crippen molar-refractivity contribution in [2.75, 3.05) is 6.54 Å². The zero-order chi connectivity index (χ0) is 12.8. The summed E-state index contributed by atoms with van der Waals surface area (Å²) in [5.74, 6) is -0.456. The van der Waals surface area contributed by atoms with Crippen molar-refractivity contribution in [2.45, 2.75) is 39.7 Å². The minimum atomic E-state index is -0.738. The van der Waals surface area contributed by atoms with Crippen LogP contribution in [-0.2, 0) is 9.53 Å². The molecule has 0 aliphatic rings. The third-order valence-electron chi connectivity index (χ3n) is 1.59. The van der Waals surface area contributed by atoms with Crippen LogP contribution in [0.4, 0.5) is 4.79 Å². The van der Waals surface area contributed by atoms with Crippen molar-refractivity contribution in [1.82, 2.24) is 5.32 Å². The van der Waals surface area contributed by atoms with Crippen LogP contribution in [0, 0.1) is 0 Å². The molecule has 0 aromatic carbocycles. The highest BCUT2D eigenvalue weighted by atomic mass is 16.6. The number of amides is 2. The molecule has 2 amide bonds. The summed E-state index contributed by atoms with van der Waals surface area (Å²) >= 11 is 0. The Labute approximate surface area is 96.0 Å². The van der Waals surface area contributed by atoms with Crippen LogP contribution in [0.15, 0.2) is 11.6 Å². The van der Waals surface area contributed by atoms with E-state index in [-0.39, 0.29) is 0 Å². The van der Waals surface area contributed by atoms with E-state index in [0.717, 1.165) is 0 Å². The second-order valence-electron chi connectivity index (χ2n) is 4.42. The molecule has 0 radical (unpaired) electrons. The molecule has 0 saturated heterocycles. The Bertz CT molecular complexity index is 290. The molecule has 0 spiro atoms. The molecule has 0 unspecified atom stereocenters. The molecule has 5 heteroatoms. The molecular weight excluding hydrogens is 208 g/mol. The lowest BCUT2D eigenvalue weighted by Crippen LogP contribution is -2.36. The van der Waals surface area contributed by atoms with Crippen molar-refractivity contribution in [1.29, 1.82) is 0 Å². The minimum Gasteiger partial charge on any atom is -0.444 e. The standard InChI is InChI=1S/C11H20N2O3/c1-8(6-5-7-12)9(14)13-10(15)16-11(2,3)4/h6H,5,7,12H2,1-4H3,(H,13,14,15). The van der Waals surface area contributed by atoms with E-state index in [0.29, 0.717) is 18.5 Å². The van der Waals surface area contributed by atoms with Crippen LogP contribution in [0.5, 0.6) is 0 Å². The van der Waals surface area contributed by atoms with Gasteiger partial charge in [-0.25, -0.2) is 4.79 Å². The Kier molecular flexibility index (Phi) is 5.74. The van der Waals surface area contributed by atoms with Gasteiger partial charge in [-0.15, -0.1) is 0 Å². The molecule has 0 heterocycles. The molecular formula is C11H20N2O3. The number of carbonyl (C=O) groups excluding carboxylic acids is 2. The summed E-state index contributed by atoms with van der Waals surface area (Å²) in [6, 6.07) is 0. The average Bonchev–Trinajstić information content (AvgIpc) is 2.10. The van der Waals surface area contributed by atoms with E-state index in [1.165, 1.54) is 0 Å². The molecule has 0 atom stereocenters. The zero-order valence-corrected chi connectivity index (χ0v) is 10.3. The van der Waals surface area contributed by atoms with Crippen LogP contribution in [0.3, 0.4) is 0 Å². The first kappa shape index (κ1) is 14.6. The molecule has 0 saturated carbocycles. The van der Waals surface area contributed by atoms with Gasteiger partial charge in [0.25, 0.3) is 5.91 Å². The maximum atomic E-state index is 11.4. The molecule has 0 aromatic heterocycles. The number of alkyl carbamates (subject to hydrolysis) is 1. The Balaban J connectivity index is 4.20. The maximum absolute atomic E-state index is 11.4. The Morgan fingerprint density at radius 3 is 2.38 bits per heavy atom. The van der Waals surface area contributed by atoms with Gasteiger partial charge in [0.1, 0.15) is 5.60 Å². The Morgan fingerprint density at radius 2 is 1.94 bits per heavy atom. The highest BCUT2D eigenvalue weighted by Crippen LogP contribution is 2.06. The molecule has 0 aliphatic heterocycles. The lowest BCUT2D eigenvalue weighted by atomic mass is 10.2. The lowest BCUT2D eigenvalue weighted by molar-refractivity contribution is -0.117. The van der Waals surface area contributed by atoms with Crippen LogP contribution >= 0.6 is 0 Å². The number of hydrogen-bond acceptors (Lipinski definition) is 4. The largest absolute Gasteiger partial charge is 0.444 e. The molecule has 0 fully saturated rings. The van der Waals surface area contributed by atoms with E-state index in [9.17, 15) is 9.59 Å². The molecule has 5 nitrogen and oxygen atoms in total. The third kappa shape index (κ3) is 7.00. The molecule has 0 bridgehead atoms. The second kappa shape index (κ2) is 6.27. The first-order valence-corrected chi connectivity index (χ1v) is 5.17. The number of nitrogens with two attached hydrogens (primary N) is 1. The fourth-order valence-electron chi connectivity index (χ4n) is 0.887. The van der Waals surface area contributed by atoms with Crippen LogP contribution in [0.1, 0.15) is 34.1 Å². The zero-order valence-electron chi connectivity index (χ0n) is 10.3. The first-order valence-electron chi connectivity index (χ1n) is 5.17.